The molecule has 7 heteroatoms. The lowest BCUT2D eigenvalue weighted by Crippen LogP contribution is -2.29. The number of aryl methyl sites for hydroxylation is 1. The number of fused-ring (bicyclic) bond motifs is 1. The van der Waals surface area contributed by atoms with E-state index in [1.165, 1.54) is 4.57 Å². The third-order valence-electron chi connectivity index (χ3n) is 5.94. The molecule has 0 radical (unpaired) electrons. The number of carbonyl (C=O) groups excluding carboxylic acids is 1. The predicted molar refractivity (Wildman–Crippen MR) is 137 cm³/mol. The van der Waals surface area contributed by atoms with Gasteiger partial charge in [-0.2, -0.15) is 0 Å². The number of anilines is 2. The summed E-state index contributed by atoms with van der Waals surface area (Å²) in [7, 11) is 1.65. The Morgan fingerprint density at radius 3 is 2.15 bits per heavy atom. The Morgan fingerprint density at radius 2 is 1.53 bits per heavy atom. The van der Waals surface area contributed by atoms with Crippen LogP contribution < -0.4 is 16.2 Å². The zero-order chi connectivity index (χ0) is 24.4. The van der Waals surface area contributed by atoms with Gasteiger partial charge in [0.05, 0.1) is 0 Å². The number of amides is 2. The maximum atomic E-state index is 13.4. The van der Waals surface area contributed by atoms with Gasteiger partial charge in [-0.15, -0.1) is 0 Å². The standard InChI is InChI=1S/C27H29N5O2/c1-16(2)19-10-6-11-20(17(3)4)23(19)30-27(34)31-24-22(18-9-7-13-28-15-18)21-12-8-14-29-25(21)32(5)26(24)33/h6-17H,1-5H3,(H2,30,31,34). The fourth-order valence-corrected chi connectivity index (χ4v) is 4.25. The van der Waals surface area contributed by atoms with Gasteiger partial charge in [-0.3, -0.25) is 14.3 Å². The van der Waals surface area contributed by atoms with Gasteiger partial charge in [0.15, 0.2) is 0 Å². The SMILES string of the molecule is CC(C)c1cccc(C(C)C)c1NC(=O)Nc1c(-c2cccnc2)c2cccnc2n(C)c1=O. The van der Waals surface area contributed by atoms with E-state index in [9.17, 15) is 9.59 Å². The molecule has 34 heavy (non-hydrogen) atoms. The maximum absolute atomic E-state index is 13.4. The fraction of sp³-hybridized carbons (Fsp3) is 0.259. The second kappa shape index (κ2) is 9.47. The van der Waals surface area contributed by atoms with Gasteiger partial charge in [0.2, 0.25) is 0 Å². The molecular weight excluding hydrogens is 426 g/mol. The first-order valence-corrected chi connectivity index (χ1v) is 11.4. The van der Waals surface area contributed by atoms with E-state index >= 15 is 0 Å². The number of hydrogen-bond acceptors (Lipinski definition) is 4. The highest BCUT2D eigenvalue weighted by Gasteiger charge is 2.21. The van der Waals surface area contributed by atoms with E-state index in [0.717, 1.165) is 27.8 Å². The Kier molecular flexibility index (Phi) is 6.45. The van der Waals surface area contributed by atoms with E-state index in [1.807, 2.05) is 36.4 Å². The van der Waals surface area contributed by atoms with Crippen LogP contribution in [0.15, 0.2) is 65.8 Å². The molecule has 174 valence electrons. The molecule has 4 aromatic rings. The molecule has 0 unspecified atom stereocenters. The van der Waals surface area contributed by atoms with Crippen LogP contribution in [0.1, 0.15) is 50.7 Å². The summed E-state index contributed by atoms with van der Waals surface area (Å²) >= 11 is 0. The van der Waals surface area contributed by atoms with Crippen LogP contribution in [-0.2, 0) is 7.05 Å². The molecule has 2 N–H and O–H groups in total. The van der Waals surface area contributed by atoms with Gasteiger partial charge in [-0.25, -0.2) is 9.78 Å². The molecule has 7 nitrogen and oxygen atoms in total. The van der Waals surface area contributed by atoms with Gasteiger partial charge in [0.1, 0.15) is 11.3 Å². The highest BCUT2D eigenvalue weighted by Crippen LogP contribution is 2.34. The molecule has 3 heterocycles. The summed E-state index contributed by atoms with van der Waals surface area (Å²) < 4.78 is 1.45. The first kappa shape index (κ1) is 23.2. The average Bonchev–Trinajstić information content (AvgIpc) is 2.83. The smallest absolute Gasteiger partial charge is 0.307 e. The molecule has 0 saturated heterocycles. The average molecular weight is 456 g/mol. The topological polar surface area (TPSA) is 88.9 Å². The summed E-state index contributed by atoms with van der Waals surface area (Å²) in [5.41, 5.74) is 4.56. The van der Waals surface area contributed by atoms with Crippen molar-refractivity contribution in [3.63, 3.8) is 0 Å². The largest absolute Gasteiger partial charge is 0.323 e. The van der Waals surface area contributed by atoms with Crippen molar-refractivity contribution < 1.29 is 4.79 Å². The Balaban J connectivity index is 1.84. The molecule has 0 aliphatic rings. The van der Waals surface area contributed by atoms with E-state index < -0.39 is 6.03 Å². The Hall–Kier alpha value is -4.00. The van der Waals surface area contributed by atoms with Crippen LogP contribution in [0.5, 0.6) is 0 Å². The van der Waals surface area contributed by atoms with Gasteiger partial charge >= 0.3 is 6.03 Å². The molecule has 2 amide bonds. The maximum Gasteiger partial charge on any atom is 0.323 e. The summed E-state index contributed by atoms with van der Waals surface area (Å²) in [6.07, 6.45) is 4.99. The number of nitrogens with one attached hydrogen (secondary N) is 2. The highest BCUT2D eigenvalue weighted by molar-refractivity contribution is 6.07. The number of hydrogen-bond donors (Lipinski definition) is 2. The summed E-state index contributed by atoms with van der Waals surface area (Å²) in [6.45, 7) is 8.37. The lowest BCUT2D eigenvalue weighted by molar-refractivity contribution is 0.262. The monoisotopic (exact) mass is 455 g/mol. The molecule has 0 saturated carbocycles. The molecule has 3 aromatic heterocycles. The van der Waals surface area contributed by atoms with Crippen LogP contribution in [0.2, 0.25) is 0 Å². The van der Waals surface area contributed by atoms with Crippen LogP contribution in [0.25, 0.3) is 22.2 Å². The van der Waals surface area contributed by atoms with Crippen molar-refractivity contribution in [2.24, 2.45) is 7.05 Å². The first-order chi connectivity index (χ1) is 16.3. The minimum Gasteiger partial charge on any atom is -0.307 e. The van der Waals surface area contributed by atoms with Crippen molar-refractivity contribution in [3.8, 4) is 11.1 Å². The van der Waals surface area contributed by atoms with E-state index in [1.54, 1.807) is 31.7 Å². The molecule has 0 atom stereocenters. The van der Waals surface area contributed by atoms with Crippen LogP contribution in [-0.4, -0.2) is 20.6 Å². The van der Waals surface area contributed by atoms with Crippen LogP contribution in [0.4, 0.5) is 16.2 Å². The third-order valence-corrected chi connectivity index (χ3v) is 5.94. The second-order valence-electron chi connectivity index (χ2n) is 8.93. The van der Waals surface area contributed by atoms with E-state index in [-0.39, 0.29) is 23.1 Å². The van der Waals surface area contributed by atoms with Crippen LogP contribution >= 0.6 is 0 Å². The number of aromatic nitrogens is 3. The minimum absolute atomic E-state index is 0.182. The van der Waals surface area contributed by atoms with Gasteiger partial charge in [-0.05, 0) is 41.2 Å². The zero-order valence-corrected chi connectivity index (χ0v) is 20.1. The van der Waals surface area contributed by atoms with Gasteiger partial charge in [0, 0.05) is 47.8 Å². The van der Waals surface area contributed by atoms with Gasteiger partial charge in [0.25, 0.3) is 5.56 Å². The Labute approximate surface area is 198 Å². The molecule has 4 rings (SSSR count). The first-order valence-electron chi connectivity index (χ1n) is 11.4. The number of rotatable bonds is 5. The van der Waals surface area contributed by atoms with Crippen molar-refractivity contribution in [3.05, 3.63) is 82.5 Å². The number of urea groups is 1. The summed E-state index contributed by atoms with van der Waals surface area (Å²) in [4.78, 5) is 35.3. The normalized spacial score (nSPS) is 11.3. The van der Waals surface area contributed by atoms with Crippen molar-refractivity contribution in [1.29, 1.82) is 0 Å². The van der Waals surface area contributed by atoms with E-state index in [0.29, 0.717) is 11.2 Å². The fourth-order valence-electron chi connectivity index (χ4n) is 4.25. The zero-order valence-electron chi connectivity index (χ0n) is 20.1. The molecular formula is C27H29N5O2. The minimum atomic E-state index is -0.472. The number of para-hydroxylation sites is 1. The van der Waals surface area contributed by atoms with E-state index in [4.69, 9.17) is 0 Å². The van der Waals surface area contributed by atoms with Crippen LogP contribution in [0, 0.1) is 0 Å². The Morgan fingerprint density at radius 1 is 0.882 bits per heavy atom. The van der Waals surface area contributed by atoms with Crippen molar-refractivity contribution in [2.45, 2.75) is 39.5 Å². The molecule has 0 aliphatic heterocycles. The molecule has 1 aromatic carbocycles. The van der Waals surface area contributed by atoms with E-state index in [2.05, 4.69) is 48.3 Å². The lowest BCUT2D eigenvalue weighted by Gasteiger charge is -2.21. The number of carbonyl (C=O) groups is 1. The third kappa shape index (κ3) is 4.29. The summed E-state index contributed by atoms with van der Waals surface area (Å²) in [5, 5.41) is 6.63. The molecule has 0 fully saturated rings. The summed E-state index contributed by atoms with van der Waals surface area (Å²) in [5.74, 6) is 0.444. The Bertz CT molecular complexity index is 1380. The highest BCUT2D eigenvalue weighted by atomic mass is 16.2. The molecule has 0 aliphatic carbocycles. The van der Waals surface area contributed by atoms with Gasteiger partial charge < -0.3 is 10.6 Å². The second-order valence-corrected chi connectivity index (χ2v) is 8.93. The lowest BCUT2D eigenvalue weighted by atomic mass is 9.93. The molecule has 0 bridgehead atoms. The number of nitrogens with zero attached hydrogens (tertiary/aromatic N) is 3. The van der Waals surface area contributed by atoms with Crippen LogP contribution in [0.3, 0.4) is 0 Å². The molecule has 0 spiro atoms. The summed E-state index contributed by atoms with van der Waals surface area (Å²) in [6, 6.07) is 12.9. The predicted octanol–water partition coefficient (Wildman–Crippen LogP) is 5.89. The van der Waals surface area contributed by atoms with Crippen molar-refractivity contribution in [1.82, 2.24) is 14.5 Å². The van der Waals surface area contributed by atoms with Crippen molar-refractivity contribution in [2.75, 3.05) is 10.6 Å². The quantitative estimate of drug-likeness (QED) is 0.393. The van der Waals surface area contributed by atoms with Gasteiger partial charge in [-0.1, -0.05) is 52.0 Å². The van der Waals surface area contributed by atoms with Crippen molar-refractivity contribution >= 4 is 28.4 Å². The number of benzene rings is 1. The number of pyridine rings is 3.